The smallest absolute Gasteiger partial charge is 0.336 e. The third kappa shape index (κ3) is 2.42. The van der Waals surface area contributed by atoms with Gasteiger partial charge in [0, 0.05) is 21.4 Å². The van der Waals surface area contributed by atoms with Crippen LogP contribution in [-0.4, -0.2) is 25.3 Å². The van der Waals surface area contributed by atoms with Crippen molar-refractivity contribution in [1.29, 1.82) is 0 Å². The quantitative estimate of drug-likeness (QED) is 0.930. The van der Waals surface area contributed by atoms with Gasteiger partial charge in [0.15, 0.2) is 0 Å². The van der Waals surface area contributed by atoms with Crippen molar-refractivity contribution in [3.8, 4) is 21.9 Å². The SMILES string of the molecule is COc1ccc(-c2cc(C(=O)O)cs2)c(OC)c1C. The van der Waals surface area contributed by atoms with Gasteiger partial charge >= 0.3 is 5.97 Å². The van der Waals surface area contributed by atoms with Crippen molar-refractivity contribution in [3.63, 3.8) is 0 Å². The molecule has 0 unspecified atom stereocenters. The van der Waals surface area contributed by atoms with Gasteiger partial charge in [0.25, 0.3) is 0 Å². The second kappa shape index (κ2) is 5.32. The van der Waals surface area contributed by atoms with Gasteiger partial charge in [-0.3, -0.25) is 0 Å². The van der Waals surface area contributed by atoms with Crippen LogP contribution in [0.2, 0.25) is 0 Å². The van der Waals surface area contributed by atoms with E-state index >= 15 is 0 Å². The van der Waals surface area contributed by atoms with E-state index in [9.17, 15) is 4.79 Å². The number of ether oxygens (including phenoxy) is 2. The van der Waals surface area contributed by atoms with E-state index in [1.807, 2.05) is 19.1 Å². The van der Waals surface area contributed by atoms with E-state index in [-0.39, 0.29) is 5.56 Å². The number of carboxylic acids is 1. The summed E-state index contributed by atoms with van der Waals surface area (Å²) in [5, 5.41) is 10.6. The average molecular weight is 278 g/mol. The van der Waals surface area contributed by atoms with Gasteiger partial charge in [-0.05, 0) is 25.1 Å². The Hall–Kier alpha value is -2.01. The first kappa shape index (κ1) is 13.4. The van der Waals surface area contributed by atoms with Crippen molar-refractivity contribution >= 4 is 17.3 Å². The fourth-order valence-corrected chi connectivity index (χ4v) is 2.85. The summed E-state index contributed by atoms with van der Waals surface area (Å²) in [7, 11) is 3.20. The molecule has 5 heteroatoms. The molecule has 1 aromatic heterocycles. The van der Waals surface area contributed by atoms with Crippen LogP contribution in [0.25, 0.3) is 10.4 Å². The van der Waals surface area contributed by atoms with Crippen LogP contribution >= 0.6 is 11.3 Å². The van der Waals surface area contributed by atoms with Crippen molar-refractivity contribution in [2.45, 2.75) is 6.92 Å². The van der Waals surface area contributed by atoms with Gasteiger partial charge < -0.3 is 14.6 Å². The lowest BCUT2D eigenvalue weighted by Crippen LogP contribution is -1.95. The zero-order chi connectivity index (χ0) is 14.0. The first-order chi connectivity index (χ1) is 9.08. The highest BCUT2D eigenvalue weighted by molar-refractivity contribution is 7.13. The van der Waals surface area contributed by atoms with Gasteiger partial charge in [0.1, 0.15) is 11.5 Å². The second-order valence-electron chi connectivity index (χ2n) is 3.98. The Kier molecular flexibility index (Phi) is 3.76. The Bertz CT molecular complexity index is 616. The summed E-state index contributed by atoms with van der Waals surface area (Å²) in [4.78, 5) is 11.8. The number of benzene rings is 1. The fraction of sp³-hybridized carbons (Fsp3) is 0.214. The number of thiophene rings is 1. The molecule has 100 valence electrons. The Morgan fingerprint density at radius 2 is 2.00 bits per heavy atom. The summed E-state index contributed by atoms with van der Waals surface area (Å²) in [5.41, 5.74) is 2.06. The van der Waals surface area contributed by atoms with Crippen LogP contribution in [0.1, 0.15) is 15.9 Å². The topological polar surface area (TPSA) is 55.8 Å². The summed E-state index contributed by atoms with van der Waals surface area (Å²) in [6.45, 7) is 1.91. The molecule has 1 N–H and O–H groups in total. The second-order valence-corrected chi connectivity index (χ2v) is 4.89. The van der Waals surface area contributed by atoms with Crippen LogP contribution in [0.4, 0.5) is 0 Å². The Labute approximate surface area is 115 Å². The van der Waals surface area contributed by atoms with Gasteiger partial charge in [-0.1, -0.05) is 0 Å². The van der Waals surface area contributed by atoms with Crippen LogP contribution in [0.5, 0.6) is 11.5 Å². The maximum absolute atomic E-state index is 10.9. The first-order valence-corrected chi connectivity index (χ1v) is 6.50. The minimum Gasteiger partial charge on any atom is -0.496 e. The van der Waals surface area contributed by atoms with E-state index in [0.29, 0.717) is 5.75 Å². The predicted molar refractivity (Wildman–Crippen MR) is 74.6 cm³/mol. The normalized spacial score (nSPS) is 10.3. The molecule has 0 saturated carbocycles. The zero-order valence-electron chi connectivity index (χ0n) is 10.9. The molecular weight excluding hydrogens is 264 g/mol. The van der Waals surface area contributed by atoms with Crippen molar-refractivity contribution in [1.82, 2.24) is 0 Å². The highest BCUT2D eigenvalue weighted by Gasteiger charge is 2.15. The molecule has 0 atom stereocenters. The molecule has 2 rings (SSSR count). The number of rotatable bonds is 4. The zero-order valence-corrected chi connectivity index (χ0v) is 11.7. The Morgan fingerprint density at radius 1 is 1.26 bits per heavy atom. The van der Waals surface area contributed by atoms with Gasteiger partial charge in [0.2, 0.25) is 0 Å². The molecule has 0 bridgehead atoms. The maximum Gasteiger partial charge on any atom is 0.336 e. The molecular formula is C14H14O4S. The number of carbonyl (C=O) groups is 1. The summed E-state index contributed by atoms with van der Waals surface area (Å²) in [6.07, 6.45) is 0. The Morgan fingerprint density at radius 3 is 2.53 bits per heavy atom. The number of methoxy groups -OCH3 is 2. The molecule has 0 saturated heterocycles. The first-order valence-electron chi connectivity index (χ1n) is 5.62. The van der Waals surface area contributed by atoms with Crippen LogP contribution in [0, 0.1) is 6.92 Å². The number of hydrogen-bond donors (Lipinski definition) is 1. The molecule has 0 amide bonds. The third-order valence-corrected chi connectivity index (χ3v) is 3.86. The largest absolute Gasteiger partial charge is 0.496 e. The lowest BCUT2D eigenvalue weighted by molar-refractivity contribution is 0.0697. The van der Waals surface area contributed by atoms with Crippen molar-refractivity contribution in [2.75, 3.05) is 14.2 Å². The molecule has 2 aromatic rings. The molecule has 0 spiro atoms. The minimum absolute atomic E-state index is 0.288. The fourth-order valence-electron chi connectivity index (χ4n) is 1.94. The summed E-state index contributed by atoms with van der Waals surface area (Å²) in [6, 6.07) is 5.38. The molecule has 19 heavy (non-hydrogen) atoms. The highest BCUT2D eigenvalue weighted by Crippen LogP contribution is 2.40. The minimum atomic E-state index is -0.924. The van der Waals surface area contributed by atoms with Crippen molar-refractivity contribution in [3.05, 3.63) is 34.7 Å². The molecule has 0 fully saturated rings. The highest BCUT2D eigenvalue weighted by atomic mass is 32.1. The third-order valence-electron chi connectivity index (χ3n) is 2.89. The van der Waals surface area contributed by atoms with Crippen LogP contribution < -0.4 is 9.47 Å². The van der Waals surface area contributed by atoms with Crippen LogP contribution in [0.15, 0.2) is 23.6 Å². The van der Waals surface area contributed by atoms with E-state index in [4.69, 9.17) is 14.6 Å². The van der Waals surface area contributed by atoms with E-state index in [1.54, 1.807) is 25.7 Å². The number of aromatic carboxylic acids is 1. The van der Waals surface area contributed by atoms with Crippen LogP contribution in [-0.2, 0) is 0 Å². The van der Waals surface area contributed by atoms with Gasteiger partial charge in [-0.2, -0.15) is 0 Å². The monoisotopic (exact) mass is 278 g/mol. The van der Waals surface area contributed by atoms with E-state index < -0.39 is 5.97 Å². The van der Waals surface area contributed by atoms with Crippen molar-refractivity contribution in [2.24, 2.45) is 0 Å². The molecule has 1 heterocycles. The van der Waals surface area contributed by atoms with E-state index in [2.05, 4.69) is 0 Å². The lowest BCUT2D eigenvalue weighted by atomic mass is 10.1. The molecule has 0 aliphatic heterocycles. The average Bonchev–Trinajstić information content (AvgIpc) is 2.87. The molecule has 0 radical (unpaired) electrons. The van der Waals surface area contributed by atoms with E-state index in [0.717, 1.165) is 21.8 Å². The summed E-state index contributed by atoms with van der Waals surface area (Å²) in [5.74, 6) is 0.528. The number of carboxylic acid groups (broad SMARTS) is 1. The summed E-state index contributed by atoms with van der Waals surface area (Å²) >= 11 is 1.38. The molecule has 0 aliphatic rings. The summed E-state index contributed by atoms with van der Waals surface area (Å²) < 4.78 is 10.7. The van der Waals surface area contributed by atoms with E-state index in [1.165, 1.54) is 11.3 Å². The predicted octanol–water partition coefficient (Wildman–Crippen LogP) is 3.44. The molecule has 0 aliphatic carbocycles. The lowest BCUT2D eigenvalue weighted by Gasteiger charge is -2.13. The van der Waals surface area contributed by atoms with Gasteiger partial charge in [-0.25, -0.2) is 4.79 Å². The van der Waals surface area contributed by atoms with Crippen LogP contribution in [0.3, 0.4) is 0 Å². The standard InChI is InChI=1S/C14H14O4S/c1-8-11(17-2)5-4-10(13(8)18-3)12-6-9(7-19-12)14(15)16/h4-7H,1-3H3,(H,15,16). The van der Waals surface area contributed by atoms with Gasteiger partial charge in [0.05, 0.1) is 19.8 Å². The molecule has 1 aromatic carbocycles. The Balaban J connectivity index is 2.55. The number of hydrogen-bond acceptors (Lipinski definition) is 4. The maximum atomic E-state index is 10.9. The van der Waals surface area contributed by atoms with Crippen molar-refractivity contribution < 1.29 is 19.4 Å². The molecule has 4 nitrogen and oxygen atoms in total. The van der Waals surface area contributed by atoms with Gasteiger partial charge in [-0.15, -0.1) is 11.3 Å².